The summed E-state index contributed by atoms with van der Waals surface area (Å²) in [5.74, 6) is -0.664. The summed E-state index contributed by atoms with van der Waals surface area (Å²) in [6, 6.07) is 0.0763. The number of aromatic nitrogens is 1. The number of hydrogen-bond donors (Lipinski definition) is 2. The average molecular weight is 308 g/mol. The maximum atomic E-state index is 12.4. The molecule has 2 heterocycles. The molecule has 1 fully saturated rings. The number of aryl methyl sites for hydroxylation is 1. The molecule has 1 saturated heterocycles. The van der Waals surface area contributed by atoms with Gasteiger partial charge >= 0.3 is 12.0 Å². The molecule has 3 atom stereocenters. The third-order valence-corrected chi connectivity index (χ3v) is 4.28. The van der Waals surface area contributed by atoms with Crippen molar-refractivity contribution in [1.29, 1.82) is 5.26 Å². The van der Waals surface area contributed by atoms with E-state index in [0.29, 0.717) is 5.69 Å². The van der Waals surface area contributed by atoms with E-state index in [4.69, 9.17) is 4.74 Å². The zero-order valence-electron chi connectivity index (χ0n) is 12.0. The van der Waals surface area contributed by atoms with Gasteiger partial charge in [-0.15, -0.1) is 11.3 Å². The standard InChI is InChI=1S/C13H16N4O3S/c1-4-20-11(18)13(6-14)7(2)15-12(19)17-10(13)9-5-21-8(3)16-9/h5,7,10H,4H2,1-3H3,(H2,15,17,19). The SMILES string of the molecule is CCOC(=O)C1(C#N)C(C)NC(=O)NC1c1csc(C)n1. The molecule has 0 aromatic carbocycles. The van der Waals surface area contributed by atoms with Gasteiger partial charge in [0.05, 0.1) is 29.4 Å². The molecular weight excluding hydrogens is 292 g/mol. The molecule has 0 saturated carbocycles. The number of carbonyl (C=O) groups excluding carboxylic acids is 2. The second-order valence-corrected chi connectivity index (χ2v) is 5.83. The van der Waals surface area contributed by atoms with Crippen molar-refractivity contribution in [3.8, 4) is 6.07 Å². The van der Waals surface area contributed by atoms with Crippen LogP contribution in [-0.4, -0.2) is 29.6 Å². The lowest BCUT2D eigenvalue weighted by molar-refractivity contribution is -0.155. The normalized spacial score (nSPS) is 28.2. The quantitative estimate of drug-likeness (QED) is 0.818. The minimum atomic E-state index is -1.55. The second kappa shape index (κ2) is 5.69. The summed E-state index contributed by atoms with van der Waals surface area (Å²) < 4.78 is 5.06. The molecule has 1 aromatic heterocycles. The maximum absolute atomic E-state index is 12.4. The summed E-state index contributed by atoms with van der Waals surface area (Å²) in [6.07, 6.45) is 0. The van der Waals surface area contributed by atoms with Crippen molar-refractivity contribution in [2.75, 3.05) is 6.61 Å². The number of nitrogens with one attached hydrogen (secondary N) is 2. The Hall–Kier alpha value is -2.14. The number of thiazole rings is 1. The lowest BCUT2D eigenvalue weighted by atomic mass is 9.73. The van der Waals surface area contributed by atoms with Crippen molar-refractivity contribution in [2.45, 2.75) is 32.9 Å². The van der Waals surface area contributed by atoms with Gasteiger partial charge in [-0.1, -0.05) is 0 Å². The number of urea groups is 1. The van der Waals surface area contributed by atoms with Crippen molar-refractivity contribution in [2.24, 2.45) is 5.41 Å². The largest absolute Gasteiger partial charge is 0.465 e. The predicted molar refractivity (Wildman–Crippen MR) is 75.4 cm³/mol. The zero-order valence-corrected chi connectivity index (χ0v) is 12.8. The Balaban J connectivity index is 2.52. The van der Waals surface area contributed by atoms with Gasteiger partial charge in [0.2, 0.25) is 0 Å². The minimum absolute atomic E-state index is 0.158. The fourth-order valence-electron chi connectivity index (χ4n) is 2.42. The number of amides is 2. The molecule has 0 radical (unpaired) electrons. The molecule has 1 aliphatic rings. The fourth-order valence-corrected chi connectivity index (χ4v) is 3.06. The van der Waals surface area contributed by atoms with Crippen molar-refractivity contribution in [3.63, 3.8) is 0 Å². The number of rotatable bonds is 3. The van der Waals surface area contributed by atoms with Crippen molar-refractivity contribution < 1.29 is 14.3 Å². The third kappa shape index (κ3) is 2.45. The predicted octanol–water partition coefficient (Wildman–Crippen LogP) is 1.27. The summed E-state index contributed by atoms with van der Waals surface area (Å²) in [4.78, 5) is 28.4. The number of hydrogen-bond acceptors (Lipinski definition) is 6. The Kier molecular flexibility index (Phi) is 4.14. The fraction of sp³-hybridized carbons (Fsp3) is 0.538. The van der Waals surface area contributed by atoms with Gasteiger partial charge in [0, 0.05) is 5.38 Å². The lowest BCUT2D eigenvalue weighted by Crippen LogP contribution is -2.64. The van der Waals surface area contributed by atoms with Crippen LogP contribution in [0.1, 0.15) is 30.6 Å². The van der Waals surface area contributed by atoms with Gasteiger partial charge in [0.25, 0.3) is 0 Å². The monoisotopic (exact) mass is 308 g/mol. The number of carbonyl (C=O) groups is 2. The van der Waals surface area contributed by atoms with Crippen LogP contribution in [-0.2, 0) is 9.53 Å². The zero-order chi connectivity index (χ0) is 15.6. The molecule has 8 heteroatoms. The highest BCUT2D eigenvalue weighted by Crippen LogP contribution is 2.40. The molecule has 0 bridgehead atoms. The Labute approximate surface area is 126 Å². The number of esters is 1. The van der Waals surface area contributed by atoms with E-state index in [0.717, 1.165) is 5.01 Å². The molecule has 0 spiro atoms. The first-order chi connectivity index (χ1) is 9.95. The first-order valence-electron chi connectivity index (χ1n) is 6.53. The average Bonchev–Trinajstić information content (AvgIpc) is 2.85. The van der Waals surface area contributed by atoms with E-state index < -0.39 is 29.5 Å². The molecule has 2 rings (SSSR count). The van der Waals surface area contributed by atoms with Crippen LogP contribution in [0.25, 0.3) is 0 Å². The summed E-state index contributed by atoms with van der Waals surface area (Å²) in [5.41, 5.74) is -1.06. The molecule has 7 nitrogen and oxygen atoms in total. The van der Waals surface area contributed by atoms with Gasteiger partial charge in [-0.25, -0.2) is 9.78 Å². The van der Waals surface area contributed by atoms with Crippen LogP contribution in [0.4, 0.5) is 4.79 Å². The van der Waals surface area contributed by atoms with Crippen molar-refractivity contribution >= 4 is 23.3 Å². The molecular formula is C13H16N4O3S. The number of nitrogens with zero attached hydrogens (tertiary/aromatic N) is 2. The molecule has 21 heavy (non-hydrogen) atoms. The molecule has 2 N–H and O–H groups in total. The highest BCUT2D eigenvalue weighted by molar-refractivity contribution is 7.09. The molecule has 3 unspecified atom stereocenters. The van der Waals surface area contributed by atoms with E-state index in [1.807, 2.05) is 13.0 Å². The Bertz CT molecular complexity index is 609. The van der Waals surface area contributed by atoms with Gasteiger partial charge in [-0.05, 0) is 20.8 Å². The Morgan fingerprint density at radius 1 is 1.62 bits per heavy atom. The summed E-state index contributed by atoms with van der Waals surface area (Å²) in [6.45, 7) is 5.26. The van der Waals surface area contributed by atoms with Crippen LogP contribution < -0.4 is 10.6 Å². The van der Waals surface area contributed by atoms with Gasteiger partial charge in [-0.3, -0.25) is 4.79 Å². The molecule has 0 aliphatic carbocycles. The van der Waals surface area contributed by atoms with Crippen LogP contribution in [0.3, 0.4) is 0 Å². The van der Waals surface area contributed by atoms with Crippen LogP contribution >= 0.6 is 11.3 Å². The van der Waals surface area contributed by atoms with Crippen LogP contribution in [0.15, 0.2) is 5.38 Å². The van der Waals surface area contributed by atoms with E-state index in [1.165, 1.54) is 11.3 Å². The van der Waals surface area contributed by atoms with E-state index in [-0.39, 0.29) is 6.61 Å². The lowest BCUT2D eigenvalue weighted by Gasteiger charge is -2.41. The summed E-state index contributed by atoms with van der Waals surface area (Å²) in [7, 11) is 0. The summed E-state index contributed by atoms with van der Waals surface area (Å²) in [5, 5.41) is 17.4. The van der Waals surface area contributed by atoms with E-state index in [9.17, 15) is 14.9 Å². The Morgan fingerprint density at radius 3 is 2.86 bits per heavy atom. The van der Waals surface area contributed by atoms with E-state index >= 15 is 0 Å². The number of nitriles is 1. The number of ether oxygens (including phenoxy) is 1. The van der Waals surface area contributed by atoms with Gasteiger partial charge in [0.1, 0.15) is 6.04 Å². The topological polar surface area (TPSA) is 104 Å². The smallest absolute Gasteiger partial charge is 0.331 e. The van der Waals surface area contributed by atoms with Gasteiger partial charge in [-0.2, -0.15) is 5.26 Å². The first-order valence-corrected chi connectivity index (χ1v) is 7.41. The first kappa shape index (κ1) is 15.3. The van der Waals surface area contributed by atoms with Crippen molar-refractivity contribution in [1.82, 2.24) is 15.6 Å². The third-order valence-electron chi connectivity index (χ3n) is 3.49. The summed E-state index contributed by atoms with van der Waals surface area (Å²) >= 11 is 1.39. The maximum Gasteiger partial charge on any atom is 0.331 e. The van der Waals surface area contributed by atoms with Crippen LogP contribution in [0.2, 0.25) is 0 Å². The molecule has 2 amide bonds. The molecule has 1 aliphatic heterocycles. The van der Waals surface area contributed by atoms with Crippen LogP contribution in [0, 0.1) is 23.7 Å². The highest BCUT2D eigenvalue weighted by atomic mass is 32.1. The van der Waals surface area contributed by atoms with Crippen molar-refractivity contribution in [3.05, 3.63) is 16.1 Å². The minimum Gasteiger partial charge on any atom is -0.465 e. The highest BCUT2D eigenvalue weighted by Gasteiger charge is 2.57. The van der Waals surface area contributed by atoms with E-state index in [2.05, 4.69) is 15.6 Å². The molecule has 1 aromatic rings. The second-order valence-electron chi connectivity index (χ2n) is 4.77. The Morgan fingerprint density at radius 2 is 2.33 bits per heavy atom. The molecule has 112 valence electrons. The van der Waals surface area contributed by atoms with Gasteiger partial charge in [0.15, 0.2) is 5.41 Å². The van der Waals surface area contributed by atoms with Crippen LogP contribution in [0.5, 0.6) is 0 Å². The van der Waals surface area contributed by atoms with E-state index in [1.54, 1.807) is 19.2 Å². The van der Waals surface area contributed by atoms with Gasteiger partial charge < -0.3 is 15.4 Å².